The number of halogens is 1. The Kier molecular flexibility index (Phi) is 6.02. The summed E-state index contributed by atoms with van der Waals surface area (Å²) in [4.78, 5) is 0. The molecule has 1 heterocycles. The van der Waals surface area contributed by atoms with Crippen molar-refractivity contribution in [2.75, 3.05) is 13.7 Å². The van der Waals surface area contributed by atoms with E-state index in [-0.39, 0.29) is 17.6 Å². The monoisotopic (exact) mass is 331 g/mol. The quantitative estimate of drug-likeness (QED) is 0.869. The number of aryl methyl sites for hydroxylation is 1. The number of methoxy groups -OCH3 is 1. The molecule has 5 heteroatoms. The molecular weight excluding hydrogens is 306 g/mol. The minimum Gasteiger partial charge on any atom is -0.379 e. The van der Waals surface area contributed by atoms with Gasteiger partial charge in [-0.15, -0.1) is 0 Å². The third-order valence-corrected chi connectivity index (χ3v) is 3.87. The lowest BCUT2D eigenvalue weighted by atomic mass is 9.83. The first-order chi connectivity index (χ1) is 8.82. The summed E-state index contributed by atoms with van der Waals surface area (Å²) in [5, 5.41) is 7.91. The van der Waals surface area contributed by atoms with Gasteiger partial charge in [0.1, 0.15) is 0 Å². The summed E-state index contributed by atoms with van der Waals surface area (Å²) in [5.41, 5.74) is 1.18. The molecule has 2 atom stereocenters. The highest BCUT2D eigenvalue weighted by Gasteiger charge is 2.35. The predicted molar refractivity (Wildman–Crippen MR) is 82.2 cm³/mol. The molecular formula is C14H26BrN3O. The molecule has 0 radical (unpaired) electrons. The van der Waals surface area contributed by atoms with Crippen LogP contribution in [0.3, 0.4) is 0 Å². The highest BCUT2D eigenvalue weighted by molar-refractivity contribution is 9.10. The van der Waals surface area contributed by atoms with Crippen LogP contribution >= 0.6 is 15.9 Å². The van der Waals surface area contributed by atoms with Crippen LogP contribution in [0.15, 0.2) is 10.7 Å². The zero-order valence-electron chi connectivity index (χ0n) is 12.8. The van der Waals surface area contributed by atoms with Gasteiger partial charge in [-0.3, -0.25) is 4.68 Å². The van der Waals surface area contributed by atoms with E-state index in [4.69, 9.17) is 4.74 Å². The summed E-state index contributed by atoms with van der Waals surface area (Å²) in [6, 6.07) is 0.117. The number of nitrogens with one attached hydrogen (secondary N) is 1. The third-order valence-electron chi connectivity index (χ3n) is 3.26. The Morgan fingerprint density at radius 3 is 2.47 bits per heavy atom. The Balaban J connectivity index is 3.14. The largest absolute Gasteiger partial charge is 0.379 e. The molecule has 0 aliphatic carbocycles. The lowest BCUT2D eigenvalue weighted by Gasteiger charge is -2.36. The van der Waals surface area contributed by atoms with Gasteiger partial charge in [-0.05, 0) is 34.3 Å². The van der Waals surface area contributed by atoms with E-state index >= 15 is 0 Å². The van der Waals surface area contributed by atoms with Crippen LogP contribution in [0, 0.1) is 5.41 Å². The zero-order valence-corrected chi connectivity index (χ0v) is 14.4. The smallest absolute Gasteiger partial charge is 0.0829 e. The summed E-state index contributed by atoms with van der Waals surface area (Å²) in [7, 11) is 3.75. The first kappa shape index (κ1) is 16.7. The molecule has 0 saturated carbocycles. The van der Waals surface area contributed by atoms with E-state index in [1.165, 1.54) is 0 Å². The Morgan fingerprint density at radius 1 is 1.47 bits per heavy atom. The second-order valence-corrected chi connectivity index (χ2v) is 6.81. The molecule has 19 heavy (non-hydrogen) atoms. The van der Waals surface area contributed by atoms with Gasteiger partial charge < -0.3 is 10.1 Å². The number of hydrogen-bond donors (Lipinski definition) is 1. The molecule has 110 valence electrons. The lowest BCUT2D eigenvalue weighted by Crippen LogP contribution is -2.42. The van der Waals surface area contributed by atoms with E-state index in [1.54, 1.807) is 7.11 Å². The van der Waals surface area contributed by atoms with Crippen LogP contribution in [0.2, 0.25) is 0 Å². The Bertz CT molecular complexity index is 378. The Labute approximate surface area is 125 Å². The SMILES string of the molecule is CCCNC(c1c(Br)cnn1C)C(OC)C(C)(C)C. The molecule has 0 aliphatic rings. The van der Waals surface area contributed by atoms with Gasteiger partial charge >= 0.3 is 0 Å². The minimum atomic E-state index is 0.0455. The van der Waals surface area contributed by atoms with Crippen molar-refractivity contribution in [2.45, 2.75) is 46.3 Å². The van der Waals surface area contributed by atoms with Gasteiger partial charge in [-0.25, -0.2) is 0 Å². The molecule has 4 nitrogen and oxygen atoms in total. The van der Waals surface area contributed by atoms with Gasteiger partial charge in [-0.2, -0.15) is 5.10 Å². The summed E-state index contributed by atoms with van der Waals surface area (Å²) < 4.78 is 8.72. The molecule has 0 aliphatic heterocycles. The van der Waals surface area contributed by atoms with Crippen LogP contribution in [0.4, 0.5) is 0 Å². The summed E-state index contributed by atoms with van der Waals surface area (Å²) in [6.07, 6.45) is 3.00. The van der Waals surface area contributed by atoms with E-state index < -0.39 is 0 Å². The fourth-order valence-electron chi connectivity index (χ4n) is 2.41. The van der Waals surface area contributed by atoms with Gasteiger partial charge in [0.25, 0.3) is 0 Å². The minimum absolute atomic E-state index is 0.0455. The number of nitrogens with zero attached hydrogens (tertiary/aromatic N) is 2. The number of ether oxygens (including phenoxy) is 1. The molecule has 1 rings (SSSR count). The fourth-order valence-corrected chi connectivity index (χ4v) is 3.00. The Morgan fingerprint density at radius 2 is 2.11 bits per heavy atom. The second-order valence-electron chi connectivity index (χ2n) is 5.96. The molecule has 1 aromatic heterocycles. The van der Waals surface area contributed by atoms with Gasteiger partial charge in [0.15, 0.2) is 0 Å². The van der Waals surface area contributed by atoms with Crippen molar-refractivity contribution in [3.8, 4) is 0 Å². The fraction of sp³-hybridized carbons (Fsp3) is 0.786. The molecule has 0 amide bonds. The zero-order chi connectivity index (χ0) is 14.6. The Hall–Kier alpha value is -0.390. The molecule has 1 N–H and O–H groups in total. The number of rotatable bonds is 6. The summed E-state index contributed by atoms with van der Waals surface area (Å²) in [5.74, 6) is 0. The first-order valence-electron chi connectivity index (χ1n) is 6.76. The van der Waals surface area contributed by atoms with Crippen molar-refractivity contribution in [1.29, 1.82) is 0 Å². The summed E-state index contributed by atoms with van der Waals surface area (Å²) >= 11 is 3.60. The average Bonchev–Trinajstić information content (AvgIpc) is 2.63. The molecule has 0 saturated heterocycles. The molecule has 0 fully saturated rings. The normalized spacial score (nSPS) is 15.5. The second kappa shape index (κ2) is 6.86. The van der Waals surface area contributed by atoms with Crippen molar-refractivity contribution in [3.05, 3.63) is 16.4 Å². The summed E-state index contributed by atoms with van der Waals surface area (Å²) in [6.45, 7) is 9.73. The van der Waals surface area contributed by atoms with Crippen molar-refractivity contribution >= 4 is 15.9 Å². The van der Waals surface area contributed by atoms with E-state index in [9.17, 15) is 0 Å². The number of aromatic nitrogens is 2. The van der Waals surface area contributed by atoms with Crippen LogP contribution < -0.4 is 5.32 Å². The molecule has 2 unspecified atom stereocenters. The van der Waals surface area contributed by atoms with Crippen LogP contribution in [-0.4, -0.2) is 29.5 Å². The molecule has 0 bridgehead atoms. The third kappa shape index (κ3) is 4.04. The maximum absolute atomic E-state index is 5.78. The van der Waals surface area contributed by atoms with Crippen LogP contribution in [0.1, 0.15) is 45.9 Å². The highest BCUT2D eigenvalue weighted by Crippen LogP contribution is 2.35. The van der Waals surface area contributed by atoms with Crippen molar-refractivity contribution < 1.29 is 4.74 Å². The molecule has 0 spiro atoms. The topological polar surface area (TPSA) is 39.1 Å². The van der Waals surface area contributed by atoms with Crippen LogP contribution in [-0.2, 0) is 11.8 Å². The van der Waals surface area contributed by atoms with Crippen LogP contribution in [0.25, 0.3) is 0 Å². The lowest BCUT2D eigenvalue weighted by molar-refractivity contribution is -0.0139. The molecule has 0 aromatic carbocycles. The maximum atomic E-state index is 5.78. The van der Waals surface area contributed by atoms with Crippen LogP contribution in [0.5, 0.6) is 0 Å². The average molecular weight is 332 g/mol. The highest BCUT2D eigenvalue weighted by atomic mass is 79.9. The van der Waals surface area contributed by atoms with E-state index in [2.05, 4.69) is 54.0 Å². The van der Waals surface area contributed by atoms with E-state index in [0.29, 0.717) is 0 Å². The van der Waals surface area contributed by atoms with E-state index in [1.807, 2.05) is 17.9 Å². The van der Waals surface area contributed by atoms with Crippen molar-refractivity contribution in [2.24, 2.45) is 12.5 Å². The van der Waals surface area contributed by atoms with Gasteiger partial charge in [0, 0.05) is 14.2 Å². The predicted octanol–water partition coefficient (Wildman–Crippen LogP) is 3.28. The van der Waals surface area contributed by atoms with Gasteiger partial charge in [0.2, 0.25) is 0 Å². The van der Waals surface area contributed by atoms with Gasteiger partial charge in [0.05, 0.1) is 28.5 Å². The maximum Gasteiger partial charge on any atom is 0.0829 e. The molecule has 1 aromatic rings. The van der Waals surface area contributed by atoms with Crippen molar-refractivity contribution in [3.63, 3.8) is 0 Å². The first-order valence-corrected chi connectivity index (χ1v) is 7.55. The van der Waals surface area contributed by atoms with Crippen molar-refractivity contribution in [1.82, 2.24) is 15.1 Å². The standard InChI is InChI=1S/C14H26BrN3O/c1-7-8-16-11(13(19-6)14(2,3)4)12-10(15)9-17-18(12)5/h9,11,13,16H,7-8H2,1-6H3. The number of hydrogen-bond acceptors (Lipinski definition) is 3. The van der Waals surface area contributed by atoms with E-state index in [0.717, 1.165) is 23.1 Å². The van der Waals surface area contributed by atoms with Gasteiger partial charge in [-0.1, -0.05) is 27.7 Å².